The van der Waals surface area contributed by atoms with Crippen LogP contribution in [0.3, 0.4) is 0 Å². The van der Waals surface area contributed by atoms with E-state index < -0.39 is 11.9 Å². The smallest absolute Gasteiger partial charge is 0.363 e. The Morgan fingerprint density at radius 2 is 1.70 bits per heavy atom. The third kappa shape index (κ3) is 5.31. The highest BCUT2D eigenvalue weighted by Gasteiger charge is 2.24. The molecule has 0 unspecified atom stereocenters. The largest absolute Gasteiger partial charge is 0.490 e. The maximum absolute atomic E-state index is 12.5. The monoisotopic (exact) mass is 553 g/mol. The molecule has 0 aromatic heterocycles. The number of halogens is 1. The first-order valence-corrected chi connectivity index (χ1v) is 11.4. The van der Waals surface area contributed by atoms with E-state index in [4.69, 9.17) is 14.2 Å². The van der Waals surface area contributed by atoms with Gasteiger partial charge in [0.2, 0.25) is 5.90 Å². The van der Waals surface area contributed by atoms with Crippen molar-refractivity contribution >= 4 is 46.5 Å². The molecule has 4 rings (SSSR count). The molecule has 1 aliphatic heterocycles. The summed E-state index contributed by atoms with van der Waals surface area (Å²) in [5.74, 6) is 0.0467. The van der Waals surface area contributed by atoms with E-state index in [0.29, 0.717) is 32.8 Å². The van der Waals surface area contributed by atoms with Crippen molar-refractivity contribution in [3.05, 3.63) is 87.1 Å². The van der Waals surface area contributed by atoms with Crippen LogP contribution in [0, 0.1) is 3.57 Å². The number of hydrogen-bond donors (Lipinski definition) is 0. The fourth-order valence-corrected chi connectivity index (χ4v) is 4.04. The van der Waals surface area contributed by atoms with Crippen LogP contribution in [0.2, 0.25) is 0 Å². The van der Waals surface area contributed by atoms with E-state index in [9.17, 15) is 9.59 Å². The zero-order chi connectivity index (χ0) is 23.4. The van der Waals surface area contributed by atoms with E-state index in [1.54, 1.807) is 18.2 Å². The van der Waals surface area contributed by atoms with Gasteiger partial charge in [-0.1, -0.05) is 42.5 Å². The van der Waals surface area contributed by atoms with Crippen LogP contribution in [0.25, 0.3) is 17.2 Å². The third-order valence-electron chi connectivity index (χ3n) is 4.74. The highest BCUT2D eigenvalue weighted by Crippen LogP contribution is 2.35. The molecule has 0 atom stereocenters. The standard InChI is InChI=1S/C26H20INO5/c1-3-31-23-15-17(13-21(27)24(23)32-16(2)29)14-22-26(30)33-25(28-22)20-11-9-19(10-12-20)18-7-5-4-6-8-18/h4-15H,3H2,1-2H3/b22-14-. The second-order valence-electron chi connectivity index (χ2n) is 7.14. The number of hydrogen-bond acceptors (Lipinski definition) is 6. The Hall–Kier alpha value is -3.46. The Labute approximate surface area is 205 Å². The van der Waals surface area contributed by atoms with Crippen LogP contribution in [0.4, 0.5) is 0 Å². The van der Waals surface area contributed by atoms with Gasteiger partial charge in [0, 0.05) is 12.5 Å². The van der Waals surface area contributed by atoms with Gasteiger partial charge in [0.25, 0.3) is 0 Å². The predicted octanol–water partition coefficient (Wildman–Crippen LogP) is 5.63. The molecule has 0 saturated heterocycles. The molecule has 6 nitrogen and oxygen atoms in total. The molecule has 7 heteroatoms. The van der Waals surface area contributed by atoms with Crippen LogP contribution in [0.15, 0.2) is 77.4 Å². The van der Waals surface area contributed by atoms with Gasteiger partial charge in [-0.15, -0.1) is 0 Å². The summed E-state index contributed by atoms with van der Waals surface area (Å²) in [6.07, 6.45) is 1.62. The molecule has 3 aromatic carbocycles. The number of nitrogens with zero attached hydrogens (tertiary/aromatic N) is 1. The summed E-state index contributed by atoms with van der Waals surface area (Å²) in [5, 5.41) is 0. The van der Waals surface area contributed by atoms with Crippen LogP contribution in [0.5, 0.6) is 11.5 Å². The second-order valence-corrected chi connectivity index (χ2v) is 8.30. The van der Waals surface area contributed by atoms with Gasteiger partial charge in [0.1, 0.15) is 0 Å². The minimum absolute atomic E-state index is 0.177. The minimum Gasteiger partial charge on any atom is -0.490 e. The van der Waals surface area contributed by atoms with Crippen molar-refractivity contribution in [1.29, 1.82) is 0 Å². The molecular weight excluding hydrogens is 533 g/mol. The van der Waals surface area contributed by atoms with Gasteiger partial charge < -0.3 is 14.2 Å². The molecule has 1 heterocycles. The number of benzene rings is 3. The van der Waals surface area contributed by atoms with E-state index in [2.05, 4.69) is 27.6 Å². The van der Waals surface area contributed by atoms with Gasteiger partial charge in [-0.25, -0.2) is 9.79 Å². The summed E-state index contributed by atoms with van der Waals surface area (Å²) in [7, 11) is 0. The lowest BCUT2D eigenvalue weighted by molar-refractivity contribution is -0.132. The van der Waals surface area contributed by atoms with Crippen molar-refractivity contribution in [2.45, 2.75) is 13.8 Å². The number of cyclic esters (lactones) is 1. The van der Waals surface area contributed by atoms with E-state index in [0.717, 1.165) is 11.1 Å². The molecule has 0 amide bonds. The average Bonchev–Trinajstić information content (AvgIpc) is 3.17. The quantitative estimate of drug-likeness (QED) is 0.171. The third-order valence-corrected chi connectivity index (χ3v) is 5.54. The van der Waals surface area contributed by atoms with Crippen molar-refractivity contribution in [3.8, 4) is 22.6 Å². The number of carbonyl (C=O) groups excluding carboxylic acids is 2. The van der Waals surface area contributed by atoms with Crippen LogP contribution in [-0.4, -0.2) is 24.4 Å². The molecule has 0 radical (unpaired) electrons. The lowest BCUT2D eigenvalue weighted by atomic mass is 10.0. The number of ether oxygens (including phenoxy) is 3. The van der Waals surface area contributed by atoms with Gasteiger partial charge in [-0.2, -0.15) is 0 Å². The zero-order valence-corrected chi connectivity index (χ0v) is 20.2. The Morgan fingerprint density at radius 3 is 2.36 bits per heavy atom. The van der Waals surface area contributed by atoms with E-state index >= 15 is 0 Å². The first-order valence-electron chi connectivity index (χ1n) is 10.3. The van der Waals surface area contributed by atoms with Crippen molar-refractivity contribution in [2.75, 3.05) is 6.61 Å². The predicted molar refractivity (Wildman–Crippen MR) is 134 cm³/mol. The Bertz CT molecular complexity index is 1260. The average molecular weight is 553 g/mol. The first-order chi connectivity index (χ1) is 15.9. The molecule has 0 aliphatic carbocycles. The maximum Gasteiger partial charge on any atom is 0.363 e. The lowest BCUT2D eigenvalue weighted by Gasteiger charge is -2.12. The van der Waals surface area contributed by atoms with Crippen molar-refractivity contribution < 1.29 is 23.8 Å². The van der Waals surface area contributed by atoms with Gasteiger partial charge in [0.05, 0.1) is 10.2 Å². The SMILES string of the molecule is CCOc1cc(/C=C2\N=C(c3ccc(-c4ccccc4)cc3)OC2=O)cc(I)c1OC(C)=O. The summed E-state index contributed by atoms with van der Waals surface area (Å²) in [6.45, 7) is 3.57. The number of carbonyl (C=O) groups is 2. The fourth-order valence-electron chi connectivity index (χ4n) is 3.30. The highest BCUT2D eigenvalue weighted by atomic mass is 127. The molecule has 0 spiro atoms. The number of aliphatic imine (C=N–C) groups is 1. The second kappa shape index (κ2) is 9.99. The van der Waals surface area contributed by atoms with Gasteiger partial charge in [-0.3, -0.25) is 4.79 Å². The molecule has 3 aromatic rings. The van der Waals surface area contributed by atoms with Gasteiger partial charge in [0.15, 0.2) is 17.2 Å². The maximum atomic E-state index is 12.5. The van der Waals surface area contributed by atoms with E-state index in [-0.39, 0.29) is 11.6 Å². The molecule has 0 saturated carbocycles. The molecule has 0 bridgehead atoms. The fraction of sp³-hybridized carbons (Fsp3) is 0.115. The minimum atomic E-state index is -0.533. The van der Waals surface area contributed by atoms with Gasteiger partial charge in [-0.05, 0) is 76.5 Å². The van der Waals surface area contributed by atoms with Crippen molar-refractivity contribution in [1.82, 2.24) is 0 Å². The summed E-state index contributed by atoms with van der Waals surface area (Å²) < 4.78 is 17.0. The van der Waals surface area contributed by atoms with Gasteiger partial charge >= 0.3 is 11.9 Å². The van der Waals surface area contributed by atoms with Crippen LogP contribution in [0.1, 0.15) is 25.0 Å². The van der Waals surface area contributed by atoms with Crippen LogP contribution in [-0.2, 0) is 14.3 Å². The summed E-state index contributed by atoms with van der Waals surface area (Å²) >= 11 is 2.06. The molecule has 166 valence electrons. The molecule has 0 fully saturated rings. The summed E-state index contributed by atoms with van der Waals surface area (Å²) in [4.78, 5) is 28.3. The number of rotatable bonds is 6. The first kappa shape index (κ1) is 22.7. The van der Waals surface area contributed by atoms with E-state index in [1.807, 2.05) is 61.5 Å². The normalized spacial score (nSPS) is 14.1. The topological polar surface area (TPSA) is 74.2 Å². The molecular formula is C26H20INO5. The number of esters is 2. The Morgan fingerprint density at radius 1 is 1.03 bits per heavy atom. The van der Waals surface area contributed by atoms with Crippen molar-refractivity contribution in [2.24, 2.45) is 4.99 Å². The molecule has 1 aliphatic rings. The van der Waals surface area contributed by atoms with Crippen LogP contribution < -0.4 is 9.47 Å². The summed E-state index contributed by atoms with van der Waals surface area (Å²) in [6, 6.07) is 21.2. The summed E-state index contributed by atoms with van der Waals surface area (Å²) in [5.41, 5.74) is 3.73. The van der Waals surface area contributed by atoms with Crippen LogP contribution >= 0.6 is 22.6 Å². The van der Waals surface area contributed by atoms with E-state index in [1.165, 1.54) is 6.92 Å². The zero-order valence-electron chi connectivity index (χ0n) is 18.0. The van der Waals surface area contributed by atoms with Crippen molar-refractivity contribution in [3.63, 3.8) is 0 Å². The Kier molecular flexibility index (Phi) is 6.88. The Balaban J connectivity index is 1.62. The molecule has 0 N–H and O–H groups in total. The molecule has 33 heavy (non-hydrogen) atoms. The lowest BCUT2D eigenvalue weighted by Crippen LogP contribution is -2.06. The highest BCUT2D eigenvalue weighted by molar-refractivity contribution is 14.1.